The van der Waals surface area contributed by atoms with Crippen molar-refractivity contribution in [3.05, 3.63) is 117 Å². The van der Waals surface area contributed by atoms with Crippen molar-refractivity contribution >= 4 is 27.3 Å². The van der Waals surface area contributed by atoms with Crippen molar-refractivity contribution in [1.29, 1.82) is 0 Å². The third kappa shape index (κ3) is 3.88. The number of imidazole rings is 2. The molecule has 0 spiro atoms. The summed E-state index contributed by atoms with van der Waals surface area (Å²) < 4.78 is 61.8. The third-order valence-corrected chi connectivity index (χ3v) is 12.5. The van der Waals surface area contributed by atoms with Gasteiger partial charge < -0.3 is 0 Å². The van der Waals surface area contributed by atoms with Crippen LogP contribution in [-0.4, -0.2) is 18.5 Å². The van der Waals surface area contributed by atoms with Crippen LogP contribution in [0.25, 0.3) is 44.3 Å². The largest absolute Gasteiger partial charge is 0.0619 e. The van der Waals surface area contributed by atoms with E-state index in [1.54, 1.807) is 22.9 Å². The summed E-state index contributed by atoms with van der Waals surface area (Å²) in [5.41, 5.74) is 7.16. The topological polar surface area (TPSA) is 36.4 Å². The number of aryl methyl sites for hydroxylation is 2. The quantitative estimate of drug-likeness (QED) is 0.132. The van der Waals surface area contributed by atoms with Crippen LogP contribution < -0.4 is 4.74 Å². The summed E-state index contributed by atoms with van der Waals surface area (Å²) in [7, 11) is 0. The van der Waals surface area contributed by atoms with Gasteiger partial charge in [0, 0.05) is 20.5 Å². The number of benzene rings is 4. The Balaban J connectivity index is 1.33. The zero-order chi connectivity index (χ0) is 38.3. The number of hydrogen-bond acceptors (Lipinski definition) is 2. The van der Waals surface area contributed by atoms with Gasteiger partial charge in [0.15, 0.2) is 0 Å². The smallest absolute Gasteiger partial charge is 0.0189 e. The van der Waals surface area contributed by atoms with Crippen LogP contribution in [0.15, 0.2) is 79.1 Å². The Kier molecular flexibility index (Phi) is 4.96. The van der Waals surface area contributed by atoms with Crippen LogP contribution >= 0.6 is 0 Å². The van der Waals surface area contributed by atoms with Gasteiger partial charge in [-0.3, -0.25) is 0 Å². The fourth-order valence-electron chi connectivity index (χ4n) is 8.31. The molecule has 7 aromatic rings. The molecule has 1 unspecified atom stereocenters. The predicted molar refractivity (Wildman–Crippen MR) is 189 cm³/mol. The standard InChI is InChI=1S/C42H38N4O.Pt/c1-26-15-18-34-37-35(26)30-17-16-29(47-28-12-10-11-27(23-28)45-22-21-44(7)25-45)24-32(30)39-43-36-31-13-8-9-14-33(31)40(2,3)19-20-42(6,41(34,4)5)38(36)46(37)39;/h8-18,21-22H,19-20H2,1-7H3;/q-2;/i1D3,7D3;. The molecule has 4 heterocycles. The first kappa shape index (κ1) is 24.0. The van der Waals surface area contributed by atoms with Crippen molar-refractivity contribution in [2.75, 3.05) is 0 Å². The Labute approximate surface area is 300 Å². The van der Waals surface area contributed by atoms with E-state index in [1.807, 2.05) is 49.7 Å². The van der Waals surface area contributed by atoms with Crippen LogP contribution in [0.2, 0.25) is 0 Å². The number of rotatable bonds is 3. The van der Waals surface area contributed by atoms with Crippen molar-refractivity contribution in [1.82, 2.24) is 18.5 Å². The van der Waals surface area contributed by atoms with Crippen LogP contribution in [-0.2, 0) is 42.6 Å². The number of nitrogens with zero attached hydrogens (tertiary/aromatic N) is 4. The number of aromatic nitrogens is 4. The van der Waals surface area contributed by atoms with E-state index in [0.29, 0.717) is 43.0 Å². The summed E-state index contributed by atoms with van der Waals surface area (Å²) in [4.78, 5) is 5.54. The molecule has 0 N–H and O–H groups in total. The summed E-state index contributed by atoms with van der Waals surface area (Å²) >= 11 is 1.99. The zero-order valence-corrected chi connectivity index (χ0v) is 29.7. The van der Waals surface area contributed by atoms with E-state index in [0.717, 1.165) is 46.3 Å². The molecule has 3 aromatic heterocycles. The van der Waals surface area contributed by atoms with Gasteiger partial charge in [0.1, 0.15) is 0 Å². The van der Waals surface area contributed by atoms with Gasteiger partial charge in [-0.15, -0.1) is 0 Å². The number of hydrogen-bond donors (Lipinski definition) is 0. The summed E-state index contributed by atoms with van der Waals surface area (Å²) in [6, 6.07) is 28.4. The SMILES string of the molecule is [2H]C([2H])([2H])c1ccc2c3c1c1ccc(Oc4[c-]c(-n5ccn(C([2H])([2H])[2H])[c]5=[Pt])ccc4)[c-]c1c1nc4c(n13)C(C)(CCC(C)(C)c1ccccc1-4)C2(C)C. The monoisotopic (exact) mass is 815 g/mol. The fraction of sp³-hybridized carbons (Fsp3) is 0.286. The molecule has 2 aliphatic rings. The van der Waals surface area contributed by atoms with Gasteiger partial charge in [-0.05, 0) is 36.2 Å². The Bertz CT molecular complexity index is 2790. The minimum Gasteiger partial charge on any atom is -0.0619 e. The van der Waals surface area contributed by atoms with E-state index < -0.39 is 13.8 Å². The predicted octanol–water partition coefficient (Wildman–Crippen LogP) is 9.84. The molecule has 9 rings (SSSR count). The van der Waals surface area contributed by atoms with Gasteiger partial charge in [0.05, 0.1) is 0 Å². The molecule has 0 bridgehead atoms. The second-order valence-corrected chi connectivity index (χ2v) is 15.6. The molecule has 244 valence electrons. The van der Waals surface area contributed by atoms with Crippen molar-refractivity contribution in [2.24, 2.45) is 6.98 Å². The molecule has 48 heavy (non-hydrogen) atoms. The minimum absolute atomic E-state index is 0.101. The number of fused-ring (bicyclic) bond motifs is 5. The maximum atomic E-state index is 8.68. The normalized spacial score (nSPS) is 21.5. The number of ether oxygens (including phenoxy) is 1. The molecule has 5 nitrogen and oxygen atoms in total. The molecular formula is C42H38N4OPt-2. The zero-order valence-electron chi connectivity index (χ0n) is 33.4. The van der Waals surface area contributed by atoms with E-state index in [1.165, 1.54) is 16.3 Å². The van der Waals surface area contributed by atoms with Crippen LogP contribution in [0.3, 0.4) is 0 Å². The average Bonchev–Trinajstić information content (AvgIpc) is 3.71. The van der Waals surface area contributed by atoms with Crippen molar-refractivity contribution < 1.29 is 32.3 Å². The summed E-state index contributed by atoms with van der Waals surface area (Å²) in [5, 5.41) is 2.10. The molecule has 4 aromatic carbocycles. The molecule has 0 saturated carbocycles. The molecular weight excluding hydrogens is 772 g/mol. The molecule has 6 heteroatoms. The van der Waals surface area contributed by atoms with E-state index in [9.17, 15) is 0 Å². The molecule has 0 saturated heterocycles. The van der Waals surface area contributed by atoms with Crippen LogP contribution in [0, 0.1) is 22.8 Å². The Morgan fingerprint density at radius 3 is 2.52 bits per heavy atom. The van der Waals surface area contributed by atoms with Gasteiger partial charge >= 0.3 is 174 Å². The van der Waals surface area contributed by atoms with Crippen molar-refractivity contribution in [3.8, 4) is 28.4 Å². The molecule has 0 fully saturated rings. The molecule has 0 amide bonds. The van der Waals surface area contributed by atoms with Gasteiger partial charge in [0.25, 0.3) is 0 Å². The van der Waals surface area contributed by atoms with E-state index in [-0.39, 0.29) is 16.2 Å². The number of pyridine rings is 1. The molecule has 1 aliphatic heterocycles. The summed E-state index contributed by atoms with van der Waals surface area (Å²) in [5.74, 6) is 0.832. The van der Waals surface area contributed by atoms with Gasteiger partial charge in [-0.2, -0.15) is 0 Å². The minimum atomic E-state index is -2.37. The second kappa shape index (κ2) is 9.92. The third-order valence-electron chi connectivity index (χ3n) is 11.4. The van der Waals surface area contributed by atoms with E-state index in [2.05, 4.69) is 75.4 Å². The molecule has 0 radical (unpaired) electrons. The van der Waals surface area contributed by atoms with E-state index in [4.69, 9.17) is 17.9 Å². The van der Waals surface area contributed by atoms with E-state index >= 15 is 0 Å². The van der Waals surface area contributed by atoms with Crippen LogP contribution in [0.1, 0.15) is 78.1 Å². The summed E-state index contributed by atoms with van der Waals surface area (Å²) in [6.45, 7) is 6.93. The van der Waals surface area contributed by atoms with Crippen LogP contribution in [0.4, 0.5) is 0 Å². The first-order valence-corrected chi connectivity index (χ1v) is 17.4. The fourth-order valence-corrected chi connectivity index (χ4v) is 8.92. The Morgan fingerprint density at radius 2 is 1.71 bits per heavy atom. The van der Waals surface area contributed by atoms with Gasteiger partial charge in [0.2, 0.25) is 0 Å². The Morgan fingerprint density at radius 1 is 0.875 bits per heavy atom. The first-order chi connectivity index (χ1) is 25.3. The molecule has 1 atom stereocenters. The van der Waals surface area contributed by atoms with Gasteiger partial charge in [-0.1, -0.05) is 71.0 Å². The summed E-state index contributed by atoms with van der Waals surface area (Å²) in [6.07, 6.45) is 5.09. The Hall–Kier alpha value is -4.21. The molecule has 1 aliphatic carbocycles. The maximum Gasteiger partial charge on any atom is 0.0189 e. The van der Waals surface area contributed by atoms with Crippen molar-refractivity contribution in [3.63, 3.8) is 0 Å². The maximum absolute atomic E-state index is 8.68. The first-order valence-electron chi connectivity index (χ1n) is 19.3. The average molecular weight is 816 g/mol. The van der Waals surface area contributed by atoms with Gasteiger partial charge in [-0.25, -0.2) is 0 Å². The second-order valence-electron chi connectivity index (χ2n) is 14.6. The van der Waals surface area contributed by atoms with Crippen molar-refractivity contribution in [2.45, 2.75) is 70.6 Å². The van der Waals surface area contributed by atoms with Crippen LogP contribution in [0.5, 0.6) is 11.5 Å².